The largest absolute Gasteiger partial charge is 0.493 e. The van der Waals surface area contributed by atoms with Crippen LogP contribution in [0.25, 0.3) is 21.3 Å². The number of fused-ring (bicyclic) bond motifs is 2. The third-order valence-electron chi connectivity index (χ3n) is 6.22. The van der Waals surface area contributed by atoms with E-state index >= 15 is 0 Å². The number of anilines is 1. The van der Waals surface area contributed by atoms with E-state index in [1.807, 2.05) is 18.5 Å². The summed E-state index contributed by atoms with van der Waals surface area (Å²) in [6.45, 7) is 0.698. The lowest BCUT2D eigenvalue weighted by atomic mass is 10.1. The Balaban J connectivity index is 1.38. The molecule has 2 heterocycles. The summed E-state index contributed by atoms with van der Waals surface area (Å²) >= 11 is 1.65. The molecule has 2 aromatic heterocycles. The fraction of sp³-hybridized carbons (Fsp3) is 0.417. The van der Waals surface area contributed by atoms with Crippen LogP contribution in [0, 0.1) is 0 Å². The highest BCUT2D eigenvalue weighted by Crippen LogP contribution is 2.33. The highest BCUT2D eigenvalue weighted by Gasteiger charge is 2.22. The van der Waals surface area contributed by atoms with Gasteiger partial charge in [0.25, 0.3) is 0 Å². The number of thiazole rings is 1. The molecular formula is C24H28N4O3S. The van der Waals surface area contributed by atoms with Gasteiger partial charge < -0.3 is 24.5 Å². The summed E-state index contributed by atoms with van der Waals surface area (Å²) in [5.74, 6) is 1.37. The summed E-state index contributed by atoms with van der Waals surface area (Å²) in [5, 5.41) is 14.8. The minimum Gasteiger partial charge on any atom is -0.493 e. The molecule has 0 radical (unpaired) electrons. The Hall–Kier alpha value is -2.84. The van der Waals surface area contributed by atoms with Gasteiger partial charge in [-0.25, -0.2) is 9.97 Å². The van der Waals surface area contributed by atoms with Crippen LogP contribution in [0.2, 0.25) is 0 Å². The molecule has 0 saturated heterocycles. The number of aliphatic hydroxyl groups is 1. The number of imidazole rings is 1. The molecule has 0 aliphatic heterocycles. The van der Waals surface area contributed by atoms with Gasteiger partial charge in [0.15, 0.2) is 16.6 Å². The fourth-order valence-electron chi connectivity index (χ4n) is 4.45. The Morgan fingerprint density at radius 3 is 2.72 bits per heavy atom. The van der Waals surface area contributed by atoms with Crippen molar-refractivity contribution in [2.24, 2.45) is 0 Å². The van der Waals surface area contributed by atoms with Crippen LogP contribution in [-0.4, -0.2) is 46.0 Å². The highest BCUT2D eigenvalue weighted by atomic mass is 32.1. The van der Waals surface area contributed by atoms with E-state index < -0.39 is 0 Å². The molecule has 2 aromatic carbocycles. The lowest BCUT2D eigenvalue weighted by Crippen LogP contribution is -2.32. The van der Waals surface area contributed by atoms with Crippen LogP contribution in [0.4, 0.5) is 5.13 Å². The first-order valence-electron chi connectivity index (χ1n) is 11.1. The van der Waals surface area contributed by atoms with Gasteiger partial charge in [-0.15, -0.1) is 0 Å². The number of ether oxygens (including phenoxy) is 2. The van der Waals surface area contributed by atoms with Gasteiger partial charge >= 0.3 is 0 Å². The SMILES string of the molecule is COc1cc2ncn(Cc3ccc4nc(NC5CCCCC[C@@H]5O)sc4c3)c2cc1OC. The third kappa shape index (κ3) is 4.12. The zero-order chi connectivity index (χ0) is 22.1. The maximum atomic E-state index is 10.4. The molecule has 0 bridgehead atoms. The van der Waals surface area contributed by atoms with Crippen molar-refractivity contribution in [3.8, 4) is 11.5 Å². The number of hydrogen-bond acceptors (Lipinski definition) is 7. The van der Waals surface area contributed by atoms with Crippen LogP contribution in [0.1, 0.15) is 37.7 Å². The zero-order valence-electron chi connectivity index (χ0n) is 18.4. The molecule has 8 heteroatoms. The summed E-state index contributed by atoms with van der Waals surface area (Å²) in [6, 6.07) is 10.3. The molecule has 0 spiro atoms. The van der Waals surface area contributed by atoms with Crippen molar-refractivity contribution in [2.45, 2.75) is 50.8 Å². The summed E-state index contributed by atoms with van der Waals surface area (Å²) in [6.07, 6.45) is 6.85. The number of hydrogen-bond donors (Lipinski definition) is 2. The number of benzene rings is 2. The number of nitrogens with one attached hydrogen (secondary N) is 1. The van der Waals surface area contributed by atoms with Crippen LogP contribution in [-0.2, 0) is 6.54 Å². The fourth-order valence-corrected chi connectivity index (χ4v) is 5.44. The van der Waals surface area contributed by atoms with E-state index in [-0.39, 0.29) is 12.1 Å². The molecule has 7 nitrogen and oxygen atoms in total. The smallest absolute Gasteiger partial charge is 0.184 e. The first kappa shape index (κ1) is 21.0. The summed E-state index contributed by atoms with van der Waals surface area (Å²) < 4.78 is 14.1. The Labute approximate surface area is 191 Å². The van der Waals surface area contributed by atoms with E-state index in [0.717, 1.165) is 52.1 Å². The monoisotopic (exact) mass is 452 g/mol. The number of aliphatic hydroxyl groups excluding tert-OH is 1. The molecule has 2 atom stereocenters. The maximum absolute atomic E-state index is 10.4. The zero-order valence-corrected chi connectivity index (χ0v) is 19.2. The second-order valence-corrected chi connectivity index (χ2v) is 9.38. The maximum Gasteiger partial charge on any atom is 0.184 e. The predicted molar refractivity (Wildman–Crippen MR) is 128 cm³/mol. The predicted octanol–water partition coefficient (Wildman–Crippen LogP) is 4.82. The molecule has 5 rings (SSSR count). The highest BCUT2D eigenvalue weighted by molar-refractivity contribution is 7.22. The normalized spacial score (nSPS) is 19.2. The first-order chi connectivity index (χ1) is 15.6. The van der Waals surface area contributed by atoms with Crippen LogP contribution in [0.15, 0.2) is 36.7 Å². The van der Waals surface area contributed by atoms with Gasteiger partial charge in [0.05, 0.1) is 53.9 Å². The van der Waals surface area contributed by atoms with Crippen LogP contribution in [0.5, 0.6) is 11.5 Å². The van der Waals surface area contributed by atoms with E-state index in [4.69, 9.17) is 14.5 Å². The Morgan fingerprint density at radius 2 is 1.88 bits per heavy atom. The van der Waals surface area contributed by atoms with Crippen LogP contribution < -0.4 is 14.8 Å². The average Bonchev–Trinajstić information content (AvgIpc) is 3.32. The number of methoxy groups -OCH3 is 2. The number of nitrogens with zero attached hydrogens (tertiary/aromatic N) is 3. The van der Waals surface area contributed by atoms with Crippen molar-refractivity contribution in [3.05, 3.63) is 42.2 Å². The minimum absolute atomic E-state index is 0.0850. The molecule has 2 N–H and O–H groups in total. The van der Waals surface area contributed by atoms with Crippen molar-refractivity contribution in [1.29, 1.82) is 0 Å². The van der Waals surface area contributed by atoms with Crippen molar-refractivity contribution in [1.82, 2.24) is 14.5 Å². The molecule has 168 valence electrons. The van der Waals surface area contributed by atoms with E-state index in [1.54, 1.807) is 25.6 Å². The summed E-state index contributed by atoms with van der Waals surface area (Å²) in [5.41, 5.74) is 4.02. The Morgan fingerprint density at radius 1 is 1.06 bits per heavy atom. The van der Waals surface area contributed by atoms with Gasteiger partial charge in [-0.3, -0.25) is 0 Å². The first-order valence-corrected chi connectivity index (χ1v) is 11.9. The molecular weight excluding hydrogens is 424 g/mol. The Bertz CT molecular complexity index is 1230. The van der Waals surface area contributed by atoms with Gasteiger partial charge in [-0.1, -0.05) is 36.7 Å². The second-order valence-electron chi connectivity index (χ2n) is 8.35. The van der Waals surface area contributed by atoms with Crippen LogP contribution in [0.3, 0.4) is 0 Å². The number of rotatable bonds is 6. The standard InChI is InChI=1S/C24H28N4O3S/c1-30-21-11-18-19(12-22(21)31-2)28(14-25-18)13-15-8-9-17-23(10-15)32-24(27-17)26-16-6-4-3-5-7-20(16)29/h8-12,14,16,20,29H,3-7,13H2,1-2H3,(H,26,27)/t16?,20-/m0/s1. The molecule has 1 aliphatic rings. The quantitative estimate of drug-likeness (QED) is 0.408. The summed E-state index contributed by atoms with van der Waals surface area (Å²) in [4.78, 5) is 9.28. The molecule has 1 unspecified atom stereocenters. The van der Waals surface area contributed by atoms with Gasteiger partial charge in [0, 0.05) is 18.7 Å². The van der Waals surface area contributed by atoms with E-state index in [0.29, 0.717) is 18.0 Å². The van der Waals surface area contributed by atoms with E-state index in [2.05, 4.69) is 33.1 Å². The molecule has 1 aliphatic carbocycles. The van der Waals surface area contributed by atoms with Gasteiger partial charge in [0.2, 0.25) is 0 Å². The van der Waals surface area contributed by atoms with E-state index in [9.17, 15) is 5.11 Å². The Kier molecular flexibility index (Phi) is 5.89. The topological polar surface area (TPSA) is 81.4 Å². The van der Waals surface area contributed by atoms with Crippen molar-refractivity contribution >= 4 is 37.7 Å². The molecule has 32 heavy (non-hydrogen) atoms. The molecule has 0 amide bonds. The average molecular weight is 453 g/mol. The summed E-state index contributed by atoms with van der Waals surface area (Å²) in [7, 11) is 3.27. The minimum atomic E-state index is -0.301. The van der Waals surface area contributed by atoms with Gasteiger partial charge in [-0.2, -0.15) is 0 Å². The lowest BCUT2D eigenvalue weighted by molar-refractivity contribution is 0.144. The second kappa shape index (κ2) is 8.96. The molecule has 1 fully saturated rings. The molecule has 1 saturated carbocycles. The van der Waals surface area contributed by atoms with Crippen molar-refractivity contribution < 1.29 is 14.6 Å². The van der Waals surface area contributed by atoms with Crippen molar-refractivity contribution in [3.63, 3.8) is 0 Å². The van der Waals surface area contributed by atoms with Crippen LogP contribution >= 0.6 is 11.3 Å². The van der Waals surface area contributed by atoms with Gasteiger partial charge in [0.1, 0.15) is 0 Å². The van der Waals surface area contributed by atoms with Crippen molar-refractivity contribution in [2.75, 3.05) is 19.5 Å². The number of aromatic nitrogens is 3. The third-order valence-corrected chi connectivity index (χ3v) is 7.17. The molecule has 4 aromatic rings. The van der Waals surface area contributed by atoms with Gasteiger partial charge in [-0.05, 0) is 30.5 Å². The lowest BCUT2D eigenvalue weighted by Gasteiger charge is -2.21. The van der Waals surface area contributed by atoms with E-state index in [1.165, 1.54) is 12.0 Å².